The second-order valence-electron chi connectivity index (χ2n) is 10.1. The molecular formula is C30H31N3O6. The van der Waals surface area contributed by atoms with E-state index in [9.17, 15) is 14.7 Å². The largest absolute Gasteiger partial charge is 0.493 e. The Morgan fingerprint density at radius 1 is 0.923 bits per heavy atom. The van der Waals surface area contributed by atoms with Crippen LogP contribution >= 0.6 is 0 Å². The van der Waals surface area contributed by atoms with Gasteiger partial charge in [0.05, 0.1) is 14.2 Å². The third kappa shape index (κ3) is 6.43. The SMILES string of the molecule is COc1ccc(-c2nc(-c3ccc(CC(NC(=O)c4ccc(C(C)(C)C)cc4)C(=O)O)cc3)no2)cc1OC. The first-order valence-corrected chi connectivity index (χ1v) is 12.4. The maximum absolute atomic E-state index is 12.7. The summed E-state index contributed by atoms with van der Waals surface area (Å²) in [5, 5.41) is 16.4. The van der Waals surface area contributed by atoms with Crippen molar-refractivity contribution in [3.05, 3.63) is 83.4 Å². The smallest absolute Gasteiger partial charge is 0.326 e. The molecule has 4 aromatic rings. The van der Waals surface area contributed by atoms with Gasteiger partial charge in [0.15, 0.2) is 11.5 Å². The number of methoxy groups -OCH3 is 2. The summed E-state index contributed by atoms with van der Waals surface area (Å²) in [5.41, 5.74) is 3.56. The van der Waals surface area contributed by atoms with Crippen molar-refractivity contribution in [2.24, 2.45) is 0 Å². The number of hydrogen-bond acceptors (Lipinski definition) is 7. The first-order chi connectivity index (χ1) is 18.6. The molecular weight excluding hydrogens is 498 g/mol. The van der Waals surface area contributed by atoms with Gasteiger partial charge in [0, 0.05) is 23.1 Å². The highest BCUT2D eigenvalue weighted by atomic mass is 16.5. The lowest BCUT2D eigenvalue weighted by Gasteiger charge is -2.19. The number of nitrogens with zero attached hydrogens (tertiary/aromatic N) is 2. The zero-order valence-corrected chi connectivity index (χ0v) is 22.5. The highest BCUT2D eigenvalue weighted by Crippen LogP contribution is 2.32. The number of carboxylic acid groups (broad SMARTS) is 1. The van der Waals surface area contributed by atoms with Crippen LogP contribution in [0.15, 0.2) is 71.3 Å². The topological polar surface area (TPSA) is 124 Å². The van der Waals surface area contributed by atoms with E-state index < -0.39 is 17.9 Å². The van der Waals surface area contributed by atoms with Gasteiger partial charge in [-0.15, -0.1) is 0 Å². The molecule has 1 heterocycles. The molecule has 1 amide bonds. The molecule has 1 aromatic heterocycles. The maximum Gasteiger partial charge on any atom is 0.326 e. The van der Waals surface area contributed by atoms with E-state index in [0.717, 1.165) is 11.1 Å². The van der Waals surface area contributed by atoms with Gasteiger partial charge in [-0.2, -0.15) is 4.98 Å². The molecule has 3 aromatic carbocycles. The number of aliphatic carboxylic acids is 1. The van der Waals surface area contributed by atoms with Gasteiger partial charge in [0.1, 0.15) is 6.04 Å². The molecule has 39 heavy (non-hydrogen) atoms. The van der Waals surface area contributed by atoms with Crippen molar-refractivity contribution in [1.82, 2.24) is 15.5 Å². The summed E-state index contributed by atoms with van der Waals surface area (Å²) >= 11 is 0. The lowest BCUT2D eigenvalue weighted by Crippen LogP contribution is -2.42. The maximum atomic E-state index is 12.7. The number of benzene rings is 3. The van der Waals surface area contributed by atoms with Gasteiger partial charge < -0.3 is 24.4 Å². The van der Waals surface area contributed by atoms with E-state index in [4.69, 9.17) is 14.0 Å². The van der Waals surface area contributed by atoms with Crippen molar-refractivity contribution in [3.8, 4) is 34.3 Å². The van der Waals surface area contributed by atoms with Crippen LogP contribution in [0.5, 0.6) is 11.5 Å². The fourth-order valence-corrected chi connectivity index (χ4v) is 4.02. The Bertz CT molecular complexity index is 1450. The average molecular weight is 530 g/mol. The van der Waals surface area contributed by atoms with E-state index in [-0.39, 0.29) is 11.8 Å². The van der Waals surface area contributed by atoms with E-state index in [2.05, 4.69) is 36.2 Å². The zero-order chi connectivity index (χ0) is 28.2. The van der Waals surface area contributed by atoms with Gasteiger partial charge in [-0.1, -0.05) is 62.3 Å². The Morgan fingerprint density at radius 2 is 1.56 bits per heavy atom. The molecule has 4 rings (SSSR count). The van der Waals surface area contributed by atoms with Crippen molar-refractivity contribution < 1.29 is 28.7 Å². The summed E-state index contributed by atoms with van der Waals surface area (Å²) in [4.78, 5) is 29.1. The molecule has 2 N–H and O–H groups in total. The summed E-state index contributed by atoms with van der Waals surface area (Å²) in [5.74, 6) is 0.282. The predicted molar refractivity (Wildman–Crippen MR) is 146 cm³/mol. The molecule has 202 valence electrons. The Hall–Kier alpha value is -4.66. The fourth-order valence-electron chi connectivity index (χ4n) is 4.02. The molecule has 0 aliphatic carbocycles. The number of aromatic nitrogens is 2. The van der Waals surface area contributed by atoms with Gasteiger partial charge in [0.2, 0.25) is 5.82 Å². The number of ether oxygens (including phenoxy) is 2. The van der Waals surface area contributed by atoms with Crippen LogP contribution < -0.4 is 14.8 Å². The van der Waals surface area contributed by atoms with Gasteiger partial charge in [0.25, 0.3) is 11.8 Å². The molecule has 0 aliphatic heterocycles. The van der Waals surface area contributed by atoms with Crippen molar-refractivity contribution in [2.75, 3.05) is 14.2 Å². The number of rotatable bonds is 9. The van der Waals surface area contributed by atoms with Crippen LogP contribution in [0, 0.1) is 0 Å². The number of amides is 1. The van der Waals surface area contributed by atoms with E-state index in [1.807, 2.05) is 12.1 Å². The summed E-state index contributed by atoms with van der Waals surface area (Å²) in [7, 11) is 3.11. The number of carbonyl (C=O) groups is 2. The standard InChI is InChI=1S/C30H31N3O6/c1-30(2,3)22-13-10-20(11-14-22)27(34)31-23(29(35)36)16-18-6-8-19(9-7-18)26-32-28(39-33-26)21-12-15-24(37-4)25(17-21)38-5/h6-15,17,23H,16H2,1-5H3,(H,31,34)(H,35,36). The van der Waals surface area contributed by atoms with E-state index >= 15 is 0 Å². The Kier molecular flexibility index (Phi) is 7.99. The van der Waals surface area contributed by atoms with Crippen molar-refractivity contribution in [3.63, 3.8) is 0 Å². The van der Waals surface area contributed by atoms with Crippen molar-refractivity contribution >= 4 is 11.9 Å². The van der Waals surface area contributed by atoms with Crippen LogP contribution in [0.1, 0.15) is 42.3 Å². The molecule has 0 radical (unpaired) electrons. The fraction of sp³-hybridized carbons (Fsp3) is 0.267. The van der Waals surface area contributed by atoms with Gasteiger partial charge in [-0.05, 0) is 46.9 Å². The monoisotopic (exact) mass is 529 g/mol. The minimum atomic E-state index is -1.11. The van der Waals surface area contributed by atoms with Gasteiger partial charge in [-0.25, -0.2) is 4.79 Å². The van der Waals surface area contributed by atoms with Crippen LogP contribution in [0.4, 0.5) is 0 Å². The number of nitrogens with one attached hydrogen (secondary N) is 1. The molecule has 0 bridgehead atoms. The Balaban J connectivity index is 1.44. The summed E-state index contributed by atoms with van der Waals surface area (Å²) in [6.45, 7) is 6.26. The number of carbonyl (C=O) groups excluding carboxylic acids is 1. The van der Waals surface area contributed by atoms with Crippen LogP contribution in [0.2, 0.25) is 0 Å². The highest BCUT2D eigenvalue weighted by molar-refractivity contribution is 5.96. The van der Waals surface area contributed by atoms with E-state index in [0.29, 0.717) is 39.9 Å². The molecule has 9 heteroatoms. The van der Waals surface area contributed by atoms with Crippen LogP contribution in [0.25, 0.3) is 22.8 Å². The lowest BCUT2D eigenvalue weighted by molar-refractivity contribution is -0.139. The van der Waals surface area contributed by atoms with Crippen molar-refractivity contribution in [2.45, 2.75) is 38.6 Å². The number of carboxylic acids is 1. The minimum Gasteiger partial charge on any atom is -0.493 e. The summed E-state index contributed by atoms with van der Waals surface area (Å²) in [6, 6.07) is 18.5. The molecule has 0 saturated heterocycles. The van der Waals surface area contributed by atoms with Crippen LogP contribution in [-0.2, 0) is 16.6 Å². The average Bonchev–Trinajstić information content (AvgIpc) is 3.42. The summed E-state index contributed by atoms with van der Waals surface area (Å²) < 4.78 is 16.0. The highest BCUT2D eigenvalue weighted by Gasteiger charge is 2.22. The molecule has 0 fully saturated rings. The van der Waals surface area contributed by atoms with Crippen LogP contribution in [-0.4, -0.2) is 47.4 Å². The summed E-state index contributed by atoms with van der Waals surface area (Å²) in [6.07, 6.45) is 0.116. The quantitative estimate of drug-likeness (QED) is 0.305. The predicted octanol–water partition coefficient (Wildman–Crippen LogP) is 5.14. The minimum absolute atomic E-state index is 0.0446. The molecule has 0 saturated carbocycles. The van der Waals surface area contributed by atoms with Crippen molar-refractivity contribution in [1.29, 1.82) is 0 Å². The molecule has 1 unspecified atom stereocenters. The number of hydrogen-bond donors (Lipinski definition) is 2. The normalized spacial score (nSPS) is 12.0. The van der Waals surface area contributed by atoms with E-state index in [1.165, 1.54) is 0 Å². The molecule has 0 spiro atoms. The van der Waals surface area contributed by atoms with Gasteiger partial charge >= 0.3 is 5.97 Å². The second kappa shape index (κ2) is 11.4. The first kappa shape index (κ1) is 27.4. The van der Waals surface area contributed by atoms with Crippen LogP contribution in [0.3, 0.4) is 0 Å². The second-order valence-corrected chi connectivity index (χ2v) is 10.1. The molecule has 9 nitrogen and oxygen atoms in total. The van der Waals surface area contributed by atoms with Gasteiger partial charge in [-0.3, -0.25) is 4.79 Å². The first-order valence-electron chi connectivity index (χ1n) is 12.4. The third-order valence-corrected chi connectivity index (χ3v) is 6.33. The lowest BCUT2D eigenvalue weighted by atomic mass is 9.86. The molecule has 1 atom stereocenters. The Morgan fingerprint density at radius 3 is 2.15 bits per heavy atom. The Labute approximate surface area is 226 Å². The molecule has 0 aliphatic rings. The zero-order valence-electron chi connectivity index (χ0n) is 22.5. The van der Waals surface area contributed by atoms with E-state index in [1.54, 1.807) is 68.8 Å². The third-order valence-electron chi connectivity index (χ3n) is 6.33.